The zero-order valence-electron chi connectivity index (χ0n) is 8.35. The van der Waals surface area contributed by atoms with E-state index >= 15 is 0 Å². The summed E-state index contributed by atoms with van der Waals surface area (Å²) in [5.41, 5.74) is 0.546. The summed E-state index contributed by atoms with van der Waals surface area (Å²) in [6, 6.07) is 0. The lowest BCUT2D eigenvalue weighted by atomic mass is 9.76. The van der Waals surface area contributed by atoms with Gasteiger partial charge in [0, 0.05) is 0 Å². The van der Waals surface area contributed by atoms with Gasteiger partial charge in [-0.1, -0.05) is 34.1 Å². The summed E-state index contributed by atoms with van der Waals surface area (Å²) in [6.07, 6.45) is 6.64. The molecule has 0 heteroatoms. The van der Waals surface area contributed by atoms with Gasteiger partial charge in [0.05, 0.1) is 0 Å². The van der Waals surface area contributed by atoms with Crippen LogP contribution in [0.25, 0.3) is 0 Å². The smallest absolute Gasteiger partial charge is 0.0326 e. The fraction of sp³-hybridized carbons (Fsp3) is 0.909. The fourth-order valence-electron chi connectivity index (χ4n) is 1.72. The molecule has 1 radical (unpaired) electrons. The molecule has 0 aromatic heterocycles. The largest absolute Gasteiger partial charge is 0.0625 e. The Hall–Kier alpha value is 0. The van der Waals surface area contributed by atoms with Gasteiger partial charge in [0.1, 0.15) is 0 Å². The van der Waals surface area contributed by atoms with Crippen molar-refractivity contribution in [2.24, 2.45) is 17.3 Å². The molecule has 0 aliphatic heterocycles. The molecule has 65 valence electrons. The summed E-state index contributed by atoms with van der Waals surface area (Å²) in [5, 5.41) is 0. The monoisotopic (exact) mass is 153 g/mol. The van der Waals surface area contributed by atoms with Crippen molar-refractivity contribution in [2.75, 3.05) is 0 Å². The average Bonchev–Trinajstić information content (AvgIpc) is 2.03. The second kappa shape index (κ2) is 3.16. The van der Waals surface area contributed by atoms with Gasteiger partial charge in [-0.2, -0.15) is 0 Å². The van der Waals surface area contributed by atoms with E-state index in [4.69, 9.17) is 0 Å². The van der Waals surface area contributed by atoms with Crippen molar-refractivity contribution in [3.05, 3.63) is 6.42 Å². The van der Waals surface area contributed by atoms with Crippen LogP contribution >= 0.6 is 0 Å². The third-order valence-electron chi connectivity index (χ3n) is 3.41. The molecule has 0 N–H and O–H groups in total. The Balaban J connectivity index is 2.56. The standard InChI is InChI=1S/C11H21/c1-9-5-6-10(2)11(3,4)8-7-9/h6,9-10H,5,7-8H2,1-4H3. The molecular weight excluding hydrogens is 132 g/mol. The van der Waals surface area contributed by atoms with Crippen LogP contribution in [0.1, 0.15) is 47.0 Å². The highest BCUT2D eigenvalue weighted by molar-refractivity contribution is 4.89. The maximum absolute atomic E-state index is 2.51. The van der Waals surface area contributed by atoms with Gasteiger partial charge in [-0.3, -0.25) is 0 Å². The molecule has 0 amide bonds. The minimum absolute atomic E-state index is 0.546. The molecule has 0 saturated heterocycles. The SMILES string of the molecule is CC1C[CH]C(C)C(C)(C)CC1. The molecule has 1 aliphatic rings. The Morgan fingerprint density at radius 1 is 1.27 bits per heavy atom. The van der Waals surface area contributed by atoms with Gasteiger partial charge in [0.2, 0.25) is 0 Å². The van der Waals surface area contributed by atoms with Crippen LogP contribution in [-0.2, 0) is 0 Å². The predicted octanol–water partition coefficient (Wildman–Crippen LogP) is 3.67. The minimum atomic E-state index is 0.546. The topological polar surface area (TPSA) is 0 Å². The Morgan fingerprint density at radius 2 is 1.91 bits per heavy atom. The van der Waals surface area contributed by atoms with E-state index in [0.717, 1.165) is 11.8 Å². The highest BCUT2D eigenvalue weighted by atomic mass is 14.3. The Morgan fingerprint density at radius 3 is 2.55 bits per heavy atom. The lowest BCUT2D eigenvalue weighted by Crippen LogP contribution is -2.19. The Labute approximate surface area is 71.4 Å². The summed E-state index contributed by atoms with van der Waals surface area (Å²) in [5.74, 6) is 1.71. The van der Waals surface area contributed by atoms with Crippen molar-refractivity contribution in [3.63, 3.8) is 0 Å². The van der Waals surface area contributed by atoms with E-state index in [1.54, 1.807) is 0 Å². The normalized spacial score (nSPS) is 38.2. The third kappa shape index (κ3) is 2.21. The van der Waals surface area contributed by atoms with Crippen molar-refractivity contribution >= 4 is 0 Å². The fourth-order valence-corrected chi connectivity index (χ4v) is 1.72. The summed E-state index contributed by atoms with van der Waals surface area (Å²) >= 11 is 0. The van der Waals surface area contributed by atoms with Gasteiger partial charge in [0.15, 0.2) is 0 Å². The molecule has 2 unspecified atom stereocenters. The van der Waals surface area contributed by atoms with Crippen molar-refractivity contribution < 1.29 is 0 Å². The van der Waals surface area contributed by atoms with Crippen LogP contribution in [0.5, 0.6) is 0 Å². The first-order valence-corrected chi connectivity index (χ1v) is 4.86. The second-order valence-electron chi connectivity index (χ2n) is 4.89. The zero-order valence-corrected chi connectivity index (χ0v) is 8.35. The van der Waals surface area contributed by atoms with Crippen molar-refractivity contribution in [1.82, 2.24) is 0 Å². The van der Waals surface area contributed by atoms with Gasteiger partial charge in [-0.05, 0) is 36.5 Å². The van der Waals surface area contributed by atoms with E-state index in [1.807, 2.05) is 0 Å². The van der Waals surface area contributed by atoms with Crippen molar-refractivity contribution in [2.45, 2.75) is 47.0 Å². The highest BCUT2D eigenvalue weighted by Crippen LogP contribution is 2.39. The molecule has 1 saturated carbocycles. The molecule has 1 fully saturated rings. The van der Waals surface area contributed by atoms with Gasteiger partial charge >= 0.3 is 0 Å². The molecule has 0 aromatic carbocycles. The first-order chi connectivity index (χ1) is 5.02. The van der Waals surface area contributed by atoms with Gasteiger partial charge in [-0.25, -0.2) is 0 Å². The molecule has 1 rings (SSSR count). The molecular formula is C11H21. The first-order valence-electron chi connectivity index (χ1n) is 4.86. The quantitative estimate of drug-likeness (QED) is 0.466. The van der Waals surface area contributed by atoms with Crippen LogP contribution in [-0.4, -0.2) is 0 Å². The molecule has 11 heavy (non-hydrogen) atoms. The van der Waals surface area contributed by atoms with Crippen LogP contribution in [0.4, 0.5) is 0 Å². The molecule has 0 spiro atoms. The minimum Gasteiger partial charge on any atom is -0.0625 e. The van der Waals surface area contributed by atoms with Crippen LogP contribution in [0, 0.1) is 23.7 Å². The van der Waals surface area contributed by atoms with E-state index < -0.39 is 0 Å². The molecule has 0 nitrogen and oxygen atoms in total. The van der Waals surface area contributed by atoms with E-state index in [2.05, 4.69) is 34.1 Å². The second-order valence-corrected chi connectivity index (χ2v) is 4.89. The lowest BCUT2D eigenvalue weighted by molar-refractivity contribution is 0.243. The summed E-state index contributed by atoms with van der Waals surface area (Å²) in [6.45, 7) is 9.51. The summed E-state index contributed by atoms with van der Waals surface area (Å²) < 4.78 is 0. The molecule has 0 bridgehead atoms. The van der Waals surface area contributed by atoms with E-state index in [-0.39, 0.29) is 0 Å². The molecule has 2 atom stereocenters. The van der Waals surface area contributed by atoms with E-state index in [0.29, 0.717) is 5.41 Å². The van der Waals surface area contributed by atoms with Crippen molar-refractivity contribution in [1.29, 1.82) is 0 Å². The summed E-state index contributed by atoms with van der Waals surface area (Å²) in [4.78, 5) is 0. The third-order valence-corrected chi connectivity index (χ3v) is 3.41. The van der Waals surface area contributed by atoms with Crippen LogP contribution in [0.3, 0.4) is 0 Å². The van der Waals surface area contributed by atoms with Gasteiger partial charge < -0.3 is 0 Å². The van der Waals surface area contributed by atoms with Gasteiger partial charge in [-0.15, -0.1) is 0 Å². The van der Waals surface area contributed by atoms with E-state index in [9.17, 15) is 0 Å². The zero-order chi connectivity index (χ0) is 8.48. The number of hydrogen-bond acceptors (Lipinski definition) is 0. The maximum atomic E-state index is 2.51. The number of hydrogen-bond donors (Lipinski definition) is 0. The number of rotatable bonds is 0. The Kier molecular flexibility index (Phi) is 2.61. The molecule has 0 aromatic rings. The van der Waals surface area contributed by atoms with Crippen LogP contribution in [0.15, 0.2) is 0 Å². The average molecular weight is 153 g/mol. The van der Waals surface area contributed by atoms with E-state index in [1.165, 1.54) is 19.3 Å². The lowest BCUT2D eigenvalue weighted by Gasteiger charge is -2.29. The highest BCUT2D eigenvalue weighted by Gasteiger charge is 2.29. The molecule has 1 aliphatic carbocycles. The van der Waals surface area contributed by atoms with Crippen LogP contribution in [0.2, 0.25) is 0 Å². The summed E-state index contributed by atoms with van der Waals surface area (Å²) in [7, 11) is 0. The predicted molar refractivity (Wildman–Crippen MR) is 50.3 cm³/mol. The first kappa shape index (κ1) is 9.09. The van der Waals surface area contributed by atoms with Gasteiger partial charge in [0.25, 0.3) is 0 Å². The van der Waals surface area contributed by atoms with Crippen LogP contribution < -0.4 is 0 Å². The Bertz CT molecular complexity index is 124. The van der Waals surface area contributed by atoms with Crippen molar-refractivity contribution in [3.8, 4) is 0 Å². The maximum Gasteiger partial charge on any atom is -0.0326 e. The molecule has 0 heterocycles.